The number of amides is 1. The lowest BCUT2D eigenvalue weighted by Gasteiger charge is -2.07. The molecule has 1 amide bonds. The van der Waals surface area contributed by atoms with Crippen LogP contribution in [-0.4, -0.2) is 12.5 Å². The minimum Gasteiger partial charge on any atom is -0.435 e. The molecule has 3 nitrogen and oxygen atoms in total. The predicted octanol–water partition coefficient (Wildman–Crippen LogP) is 3.60. The molecule has 0 aliphatic heterocycles. The SMILES string of the molecule is O=C(Nc1cccc(OC(F)F)c1)c1cccs1. The lowest BCUT2D eigenvalue weighted by Crippen LogP contribution is -2.10. The number of carbonyl (C=O) groups excluding carboxylic acids is 1. The van der Waals surface area contributed by atoms with E-state index in [0.29, 0.717) is 10.6 Å². The first-order chi connectivity index (χ1) is 8.65. The standard InChI is InChI=1S/C12H9F2NO2S/c13-12(14)17-9-4-1-3-8(7-9)15-11(16)10-5-2-6-18-10/h1-7,12H,(H,15,16). The molecule has 0 aliphatic rings. The second-order valence-corrected chi connectivity index (χ2v) is 4.29. The molecule has 18 heavy (non-hydrogen) atoms. The van der Waals surface area contributed by atoms with Crippen LogP contribution in [0.3, 0.4) is 0 Å². The number of alkyl halides is 2. The highest BCUT2D eigenvalue weighted by atomic mass is 32.1. The van der Waals surface area contributed by atoms with Crippen molar-refractivity contribution in [2.45, 2.75) is 6.61 Å². The van der Waals surface area contributed by atoms with Crippen molar-refractivity contribution in [3.05, 3.63) is 46.7 Å². The van der Waals surface area contributed by atoms with Crippen LogP contribution in [0.25, 0.3) is 0 Å². The topological polar surface area (TPSA) is 38.3 Å². The van der Waals surface area contributed by atoms with Crippen LogP contribution in [0.5, 0.6) is 5.75 Å². The number of anilines is 1. The highest BCUT2D eigenvalue weighted by Crippen LogP contribution is 2.20. The molecule has 0 spiro atoms. The van der Waals surface area contributed by atoms with Crippen LogP contribution in [-0.2, 0) is 0 Å². The zero-order valence-corrected chi connectivity index (χ0v) is 9.92. The Morgan fingerprint density at radius 2 is 2.11 bits per heavy atom. The average Bonchev–Trinajstić information content (AvgIpc) is 2.81. The van der Waals surface area contributed by atoms with Gasteiger partial charge in [-0.3, -0.25) is 4.79 Å². The van der Waals surface area contributed by atoms with Gasteiger partial charge in [-0.15, -0.1) is 11.3 Å². The largest absolute Gasteiger partial charge is 0.435 e. The first kappa shape index (κ1) is 12.5. The molecule has 2 rings (SSSR count). The van der Waals surface area contributed by atoms with Gasteiger partial charge in [0.1, 0.15) is 5.75 Å². The van der Waals surface area contributed by atoms with Gasteiger partial charge in [0, 0.05) is 11.8 Å². The van der Waals surface area contributed by atoms with Gasteiger partial charge in [0.05, 0.1) is 4.88 Å². The first-order valence-electron chi connectivity index (χ1n) is 5.05. The Morgan fingerprint density at radius 1 is 1.28 bits per heavy atom. The summed E-state index contributed by atoms with van der Waals surface area (Å²) in [5, 5.41) is 4.39. The maximum Gasteiger partial charge on any atom is 0.387 e. The Morgan fingerprint density at radius 3 is 2.78 bits per heavy atom. The highest BCUT2D eigenvalue weighted by Gasteiger charge is 2.08. The van der Waals surface area contributed by atoms with E-state index in [1.807, 2.05) is 0 Å². The summed E-state index contributed by atoms with van der Waals surface area (Å²) in [6.45, 7) is -2.88. The number of hydrogen-bond donors (Lipinski definition) is 1. The summed E-state index contributed by atoms with van der Waals surface area (Å²) < 4.78 is 28.3. The van der Waals surface area contributed by atoms with Crippen LogP contribution in [0, 0.1) is 0 Å². The van der Waals surface area contributed by atoms with Gasteiger partial charge in [0.15, 0.2) is 0 Å². The molecule has 94 valence electrons. The average molecular weight is 269 g/mol. The molecule has 0 atom stereocenters. The van der Waals surface area contributed by atoms with Crippen molar-refractivity contribution in [2.24, 2.45) is 0 Å². The van der Waals surface area contributed by atoms with E-state index in [9.17, 15) is 13.6 Å². The fourth-order valence-electron chi connectivity index (χ4n) is 1.35. The number of hydrogen-bond acceptors (Lipinski definition) is 3. The molecular weight excluding hydrogens is 260 g/mol. The molecule has 0 aliphatic carbocycles. The molecule has 1 heterocycles. The van der Waals surface area contributed by atoms with E-state index in [1.165, 1.54) is 29.5 Å². The van der Waals surface area contributed by atoms with Gasteiger partial charge in [0.2, 0.25) is 0 Å². The Bertz CT molecular complexity index is 529. The van der Waals surface area contributed by atoms with E-state index in [1.54, 1.807) is 23.6 Å². The third-order valence-electron chi connectivity index (χ3n) is 2.06. The Hall–Kier alpha value is -1.95. The molecule has 0 unspecified atom stereocenters. The zero-order valence-electron chi connectivity index (χ0n) is 9.10. The van der Waals surface area contributed by atoms with Crippen molar-refractivity contribution in [1.29, 1.82) is 0 Å². The molecule has 1 N–H and O–H groups in total. The number of halogens is 2. The van der Waals surface area contributed by atoms with Gasteiger partial charge in [0.25, 0.3) is 5.91 Å². The van der Waals surface area contributed by atoms with Crippen molar-refractivity contribution in [3.63, 3.8) is 0 Å². The molecular formula is C12H9F2NO2S. The highest BCUT2D eigenvalue weighted by molar-refractivity contribution is 7.12. The van der Waals surface area contributed by atoms with Gasteiger partial charge >= 0.3 is 6.61 Å². The minimum absolute atomic E-state index is 0.00831. The molecule has 0 radical (unpaired) electrons. The van der Waals surface area contributed by atoms with E-state index < -0.39 is 6.61 Å². The van der Waals surface area contributed by atoms with E-state index in [-0.39, 0.29) is 11.7 Å². The van der Waals surface area contributed by atoms with Crippen LogP contribution < -0.4 is 10.1 Å². The molecule has 1 aromatic heterocycles. The van der Waals surface area contributed by atoms with Gasteiger partial charge in [-0.2, -0.15) is 8.78 Å². The Kier molecular flexibility index (Phi) is 3.88. The summed E-state index contributed by atoms with van der Waals surface area (Å²) in [6.07, 6.45) is 0. The maximum atomic E-state index is 12.0. The summed E-state index contributed by atoms with van der Waals surface area (Å²) in [7, 11) is 0. The molecule has 0 saturated carbocycles. The number of carbonyl (C=O) groups is 1. The van der Waals surface area contributed by atoms with Gasteiger partial charge in [-0.05, 0) is 23.6 Å². The first-order valence-corrected chi connectivity index (χ1v) is 5.93. The number of rotatable bonds is 4. The smallest absolute Gasteiger partial charge is 0.387 e. The fraction of sp³-hybridized carbons (Fsp3) is 0.0833. The maximum absolute atomic E-state index is 12.0. The van der Waals surface area contributed by atoms with Crippen molar-refractivity contribution < 1.29 is 18.3 Å². The molecule has 6 heteroatoms. The van der Waals surface area contributed by atoms with Gasteiger partial charge < -0.3 is 10.1 Å². The van der Waals surface area contributed by atoms with E-state index >= 15 is 0 Å². The Labute approximate surface area is 106 Å². The van der Waals surface area contributed by atoms with Crippen LogP contribution in [0.4, 0.5) is 14.5 Å². The van der Waals surface area contributed by atoms with Crippen LogP contribution in [0.1, 0.15) is 9.67 Å². The molecule has 0 fully saturated rings. The number of ether oxygens (including phenoxy) is 1. The summed E-state index contributed by atoms with van der Waals surface area (Å²) in [4.78, 5) is 12.3. The predicted molar refractivity (Wildman–Crippen MR) is 65.3 cm³/mol. The molecule has 0 bridgehead atoms. The normalized spacial score (nSPS) is 10.4. The van der Waals surface area contributed by atoms with Crippen molar-refractivity contribution >= 4 is 22.9 Å². The fourth-order valence-corrected chi connectivity index (χ4v) is 1.97. The summed E-state index contributed by atoms with van der Waals surface area (Å²) in [5.41, 5.74) is 0.409. The van der Waals surface area contributed by atoms with E-state index in [4.69, 9.17) is 0 Å². The number of benzene rings is 1. The summed E-state index contributed by atoms with van der Waals surface area (Å²) in [6, 6.07) is 9.31. The lowest BCUT2D eigenvalue weighted by molar-refractivity contribution is -0.0497. The quantitative estimate of drug-likeness (QED) is 0.921. The third kappa shape index (κ3) is 3.27. The Balaban J connectivity index is 2.07. The molecule has 1 aromatic carbocycles. The third-order valence-corrected chi connectivity index (χ3v) is 2.93. The van der Waals surface area contributed by atoms with Gasteiger partial charge in [-0.25, -0.2) is 0 Å². The lowest BCUT2D eigenvalue weighted by atomic mass is 10.3. The van der Waals surface area contributed by atoms with Crippen molar-refractivity contribution in [2.75, 3.05) is 5.32 Å². The molecule has 0 saturated heterocycles. The van der Waals surface area contributed by atoms with E-state index in [0.717, 1.165) is 0 Å². The zero-order chi connectivity index (χ0) is 13.0. The van der Waals surface area contributed by atoms with Crippen LogP contribution in [0.15, 0.2) is 41.8 Å². The monoisotopic (exact) mass is 269 g/mol. The number of nitrogens with one attached hydrogen (secondary N) is 1. The van der Waals surface area contributed by atoms with Crippen molar-refractivity contribution in [3.8, 4) is 5.75 Å². The van der Waals surface area contributed by atoms with Crippen molar-refractivity contribution in [1.82, 2.24) is 0 Å². The van der Waals surface area contributed by atoms with Crippen LogP contribution in [0.2, 0.25) is 0 Å². The van der Waals surface area contributed by atoms with Crippen LogP contribution >= 0.6 is 11.3 Å². The molecule has 2 aromatic rings. The summed E-state index contributed by atoms with van der Waals surface area (Å²) in [5.74, 6) is -0.270. The van der Waals surface area contributed by atoms with Gasteiger partial charge in [-0.1, -0.05) is 12.1 Å². The summed E-state index contributed by atoms with van der Waals surface area (Å²) >= 11 is 1.30. The second kappa shape index (κ2) is 5.59. The van der Waals surface area contributed by atoms with E-state index in [2.05, 4.69) is 10.1 Å². The number of thiophene rings is 1. The second-order valence-electron chi connectivity index (χ2n) is 3.34. The minimum atomic E-state index is -2.88.